The van der Waals surface area contributed by atoms with E-state index in [0.29, 0.717) is 13.0 Å². The Kier molecular flexibility index (Phi) is 10.7. The molecule has 0 aromatic rings. The van der Waals surface area contributed by atoms with Gasteiger partial charge in [-0.1, -0.05) is 51.9 Å². The van der Waals surface area contributed by atoms with Gasteiger partial charge in [-0.15, -0.1) is 0 Å². The molecule has 3 heteroatoms. The molecule has 0 aliphatic carbocycles. The molecule has 3 nitrogen and oxygen atoms in total. The number of esters is 1. The van der Waals surface area contributed by atoms with Gasteiger partial charge in [-0.3, -0.25) is 9.59 Å². The fourth-order valence-electron chi connectivity index (χ4n) is 2.04. The van der Waals surface area contributed by atoms with Crippen LogP contribution in [0.4, 0.5) is 0 Å². The van der Waals surface area contributed by atoms with Crippen LogP contribution in [0.15, 0.2) is 0 Å². The Morgan fingerprint density at radius 2 is 1.50 bits per heavy atom. The first-order valence-electron chi connectivity index (χ1n) is 7.30. The zero-order valence-corrected chi connectivity index (χ0v) is 12.2. The molecule has 1 unspecified atom stereocenters. The Morgan fingerprint density at radius 3 is 2.00 bits per heavy atom. The predicted octanol–water partition coefficient (Wildman–Crippen LogP) is 3.90. The van der Waals surface area contributed by atoms with Gasteiger partial charge in [0.1, 0.15) is 11.7 Å². The largest absolute Gasteiger partial charge is 0.465 e. The second-order valence-electron chi connectivity index (χ2n) is 4.83. The highest BCUT2D eigenvalue weighted by Gasteiger charge is 2.23. The molecular weight excluding hydrogens is 228 g/mol. The standard InChI is InChI=1S/C15H28O3/c1-4-6-7-8-9-10-11-12-14(13(3)16)15(17)18-5-2/h14H,4-12H2,1-3H3. The summed E-state index contributed by atoms with van der Waals surface area (Å²) in [6, 6.07) is 0. The number of hydrogen-bond donors (Lipinski definition) is 0. The molecule has 0 amide bonds. The Labute approximate surface area is 111 Å². The fraction of sp³-hybridized carbons (Fsp3) is 0.867. The monoisotopic (exact) mass is 256 g/mol. The smallest absolute Gasteiger partial charge is 0.316 e. The van der Waals surface area contributed by atoms with Gasteiger partial charge in [-0.05, 0) is 20.3 Å². The van der Waals surface area contributed by atoms with E-state index in [4.69, 9.17) is 4.74 Å². The van der Waals surface area contributed by atoms with Crippen LogP contribution in [0.25, 0.3) is 0 Å². The van der Waals surface area contributed by atoms with E-state index in [2.05, 4.69) is 6.92 Å². The number of Topliss-reactive ketones (excluding diaryl/α,β-unsaturated/α-hetero) is 1. The molecule has 0 radical (unpaired) electrons. The lowest BCUT2D eigenvalue weighted by atomic mass is 9.97. The average molecular weight is 256 g/mol. The van der Waals surface area contributed by atoms with Crippen LogP contribution >= 0.6 is 0 Å². The van der Waals surface area contributed by atoms with Crippen LogP contribution in [0.3, 0.4) is 0 Å². The van der Waals surface area contributed by atoms with Crippen LogP contribution in [-0.2, 0) is 14.3 Å². The molecule has 0 rings (SSSR count). The lowest BCUT2D eigenvalue weighted by molar-refractivity contribution is -0.151. The molecule has 18 heavy (non-hydrogen) atoms. The van der Waals surface area contributed by atoms with E-state index in [1.807, 2.05) is 0 Å². The number of rotatable bonds is 11. The highest BCUT2D eigenvalue weighted by atomic mass is 16.5. The third kappa shape index (κ3) is 8.26. The summed E-state index contributed by atoms with van der Waals surface area (Å²) in [5.74, 6) is -0.962. The molecular formula is C15H28O3. The molecule has 0 saturated heterocycles. The molecule has 0 aliphatic heterocycles. The minimum atomic E-state index is -0.541. The third-order valence-corrected chi connectivity index (χ3v) is 3.16. The normalized spacial score (nSPS) is 12.2. The lowest BCUT2D eigenvalue weighted by Gasteiger charge is -2.12. The molecule has 0 saturated carbocycles. The van der Waals surface area contributed by atoms with Crippen molar-refractivity contribution in [2.45, 2.75) is 72.1 Å². The van der Waals surface area contributed by atoms with Gasteiger partial charge in [0.2, 0.25) is 0 Å². The van der Waals surface area contributed by atoms with Crippen LogP contribution in [0, 0.1) is 5.92 Å². The van der Waals surface area contributed by atoms with Crippen LogP contribution in [0.1, 0.15) is 72.1 Å². The number of ether oxygens (including phenoxy) is 1. The number of unbranched alkanes of at least 4 members (excludes halogenated alkanes) is 6. The number of carbonyl (C=O) groups excluding carboxylic acids is 2. The third-order valence-electron chi connectivity index (χ3n) is 3.16. The van der Waals surface area contributed by atoms with Crippen LogP contribution in [-0.4, -0.2) is 18.4 Å². The van der Waals surface area contributed by atoms with E-state index in [-0.39, 0.29) is 11.8 Å². The second kappa shape index (κ2) is 11.2. The molecule has 0 N–H and O–H groups in total. The maximum Gasteiger partial charge on any atom is 0.316 e. The highest BCUT2D eigenvalue weighted by molar-refractivity contribution is 5.97. The summed E-state index contributed by atoms with van der Waals surface area (Å²) in [5, 5.41) is 0. The first kappa shape index (κ1) is 17.1. The van der Waals surface area contributed by atoms with Crippen molar-refractivity contribution in [2.24, 2.45) is 5.92 Å². The zero-order valence-electron chi connectivity index (χ0n) is 12.2. The van der Waals surface area contributed by atoms with E-state index in [0.717, 1.165) is 12.8 Å². The molecule has 0 aliphatic rings. The van der Waals surface area contributed by atoms with Crippen molar-refractivity contribution in [1.29, 1.82) is 0 Å². The van der Waals surface area contributed by atoms with Crippen molar-refractivity contribution in [3.63, 3.8) is 0 Å². The fourth-order valence-corrected chi connectivity index (χ4v) is 2.04. The quantitative estimate of drug-likeness (QED) is 0.320. The molecule has 1 atom stereocenters. The lowest BCUT2D eigenvalue weighted by Crippen LogP contribution is -2.24. The van der Waals surface area contributed by atoms with Crippen molar-refractivity contribution >= 4 is 11.8 Å². The highest BCUT2D eigenvalue weighted by Crippen LogP contribution is 2.15. The summed E-state index contributed by atoms with van der Waals surface area (Å²) in [7, 11) is 0. The first-order valence-corrected chi connectivity index (χ1v) is 7.30. The van der Waals surface area contributed by atoms with Crippen molar-refractivity contribution in [1.82, 2.24) is 0 Å². The number of carbonyl (C=O) groups is 2. The summed E-state index contributed by atoms with van der Waals surface area (Å²) >= 11 is 0. The van der Waals surface area contributed by atoms with Crippen molar-refractivity contribution in [2.75, 3.05) is 6.61 Å². The molecule has 0 fully saturated rings. The zero-order chi connectivity index (χ0) is 13.8. The van der Waals surface area contributed by atoms with Crippen molar-refractivity contribution in [3.8, 4) is 0 Å². The van der Waals surface area contributed by atoms with Gasteiger partial charge in [-0.25, -0.2) is 0 Å². The molecule has 0 bridgehead atoms. The number of hydrogen-bond acceptors (Lipinski definition) is 3. The van der Waals surface area contributed by atoms with Crippen LogP contribution in [0.5, 0.6) is 0 Å². The summed E-state index contributed by atoms with van der Waals surface area (Å²) in [5.41, 5.74) is 0. The van der Waals surface area contributed by atoms with Gasteiger partial charge in [0.25, 0.3) is 0 Å². The topological polar surface area (TPSA) is 43.4 Å². The Bertz CT molecular complexity index is 236. The SMILES string of the molecule is CCCCCCCCCC(C(C)=O)C(=O)OCC. The minimum absolute atomic E-state index is 0.0700. The summed E-state index contributed by atoms with van der Waals surface area (Å²) in [6.07, 6.45) is 9.01. The van der Waals surface area contributed by atoms with E-state index in [1.54, 1.807) is 6.92 Å². The van der Waals surface area contributed by atoms with Gasteiger partial charge in [0, 0.05) is 0 Å². The molecule has 0 spiro atoms. The van der Waals surface area contributed by atoms with Gasteiger partial charge in [0.15, 0.2) is 0 Å². The summed E-state index contributed by atoms with van der Waals surface area (Å²) < 4.78 is 4.92. The maximum atomic E-state index is 11.5. The average Bonchev–Trinajstić information content (AvgIpc) is 2.32. The summed E-state index contributed by atoms with van der Waals surface area (Å²) in [4.78, 5) is 22.9. The maximum absolute atomic E-state index is 11.5. The van der Waals surface area contributed by atoms with Gasteiger partial charge in [-0.2, -0.15) is 0 Å². The summed E-state index contributed by atoms with van der Waals surface area (Å²) in [6.45, 7) is 5.79. The van der Waals surface area contributed by atoms with E-state index < -0.39 is 5.92 Å². The Balaban J connectivity index is 3.71. The van der Waals surface area contributed by atoms with E-state index >= 15 is 0 Å². The van der Waals surface area contributed by atoms with Crippen molar-refractivity contribution < 1.29 is 14.3 Å². The Hall–Kier alpha value is -0.860. The second-order valence-corrected chi connectivity index (χ2v) is 4.83. The molecule has 0 aromatic heterocycles. The van der Waals surface area contributed by atoms with E-state index in [1.165, 1.54) is 39.0 Å². The van der Waals surface area contributed by atoms with Gasteiger partial charge in [0.05, 0.1) is 6.61 Å². The first-order chi connectivity index (χ1) is 8.63. The number of ketones is 1. The van der Waals surface area contributed by atoms with Gasteiger partial charge >= 0.3 is 5.97 Å². The molecule has 0 aromatic carbocycles. The minimum Gasteiger partial charge on any atom is -0.465 e. The Morgan fingerprint density at radius 1 is 0.944 bits per heavy atom. The van der Waals surface area contributed by atoms with Crippen molar-refractivity contribution in [3.05, 3.63) is 0 Å². The van der Waals surface area contributed by atoms with E-state index in [9.17, 15) is 9.59 Å². The van der Waals surface area contributed by atoms with Gasteiger partial charge < -0.3 is 4.74 Å². The van der Waals surface area contributed by atoms with Crippen LogP contribution in [0.2, 0.25) is 0 Å². The van der Waals surface area contributed by atoms with Crippen LogP contribution < -0.4 is 0 Å². The molecule has 0 heterocycles. The predicted molar refractivity (Wildman–Crippen MR) is 73.4 cm³/mol. The molecule has 106 valence electrons.